The number of nitrogens with one attached hydrogen (secondary N) is 2. The summed E-state index contributed by atoms with van der Waals surface area (Å²) in [6.45, 7) is 2.21. The topological polar surface area (TPSA) is 61.4 Å². The SMILES string of the molecule is CCCC(=O)Nc1ccc(Cl)c(NC(=O)CN(C)C)c1. The van der Waals surface area contributed by atoms with E-state index in [0.717, 1.165) is 6.42 Å². The largest absolute Gasteiger partial charge is 0.326 e. The van der Waals surface area contributed by atoms with Crippen LogP contribution in [-0.2, 0) is 9.59 Å². The summed E-state index contributed by atoms with van der Waals surface area (Å²) in [4.78, 5) is 25.0. The number of carbonyl (C=O) groups excluding carboxylic acids is 2. The van der Waals surface area contributed by atoms with Crippen molar-refractivity contribution in [1.29, 1.82) is 0 Å². The zero-order valence-corrected chi connectivity index (χ0v) is 12.8. The van der Waals surface area contributed by atoms with Crippen LogP contribution in [0.3, 0.4) is 0 Å². The summed E-state index contributed by atoms with van der Waals surface area (Å²) < 4.78 is 0. The van der Waals surface area contributed by atoms with Gasteiger partial charge in [0.1, 0.15) is 0 Å². The van der Waals surface area contributed by atoms with Gasteiger partial charge in [0.05, 0.1) is 17.3 Å². The summed E-state index contributed by atoms with van der Waals surface area (Å²) in [5.74, 6) is -0.214. The first kappa shape index (κ1) is 16.5. The average molecular weight is 298 g/mol. The molecule has 0 atom stereocenters. The molecule has 0 unspecified atom stereocenters. The second kappa shape index (κ2) is 7.87. The van der Waals surface area contributed by atoms with Crippen molar-refractivity contribution < 1.29 is 9.59 Å². The number of anilines is 2. The molecule has 0 saturated carbocycles. The van der Waals surface area contributed by atoms with Gasteiger partial charge in [-0.05, 0) is 38.7 Å². The molecular formula is C14H20ClN3O2. The standard InChI is InChI=1S/C14H20ClN3O2/c1-4-5-13(19)16-10-6-7-11(15)12(8-10)17-14(20)9-18(2)3/h6-8H,4-5,9H2,1-3H3,(H,16,19)(H,17,20). The number of likely N-dealkylation sites (N-methyl/N-ethyl adjacent to an activating group) is 1. The van der Waals surface area contributed by atoms with E-state index in [1.54, 1.807) is 23.1 Å². The van der Waals surface area contributed by atoms with E-state index < -0.39 is 0 Å². The number of hydrogen-bond acceptors (Lipinski definition) is 3. The Morgan fingerprint density at radius 3 is 2.50 bits per heavy atom. The van der Waals surface area contributed by atoms with E-state index in [2.05, 4.69) is 10.6 Å². The third-order valence-electron chi connectivity index (χ3n) is 2.46. The van der Waals surface area contributed by atoms with Crippen LogP contribution in [-0.4, -0.2) is 37.4 Å². The van der Waals surface area contributed by atoms with Crippen LogP contribution in [0.4, 0.5) is 11.4 Å². The zero-order valence-electron chi connectivity index (χ0n) is 12.0. The van der Waals surface area contributed by atoms with Gasteiger partial charge in [0.2, 0.25) is 11.8 Å². The van der Waals surface area contributed by atoms with E-state index in [-0.39, 0.29) is 18.4 Å². The Labute approximate surface area is 124 Å². The summed E-state index contributed by atoms with van der Waals surface area (Å²) in [6, 6.07) is 5.01. The molecule has 6 heteroatoms. The summed E-state index contributed by atoms with van der Waals surface area (Å²) in [5, 5.41) is 5.92. The Morgan fingerprint density at radius 1 is 1.20 bits per heavy atom. The minimum atomic E-state index is -0.158. The summed E-state index contributed by atoms with van der Waals surface area (Å²) in [6.07, 6.45) is 1.25. The normalized spacial score (nSPS) is 10.4. The number of benzene rings is 1. The molecule has 1 rings (SSSR count). The third-order valence-corrected chi connectivity index (χ3v) is 2.79. The van der Waals surface area contributed by atoms with Gasteiger partial charge < -0.3 is 15.5 Å². The van der Waals surface area contributed by atoms with Crippen molar-refractivity contribution >= 4 is 34.8 Å². The lowest BCUT2D eigenvalue weighted by molar-refractivity contribution is -0.117. The maximum Gasteiger partial charge on any atom is 0.238 e. The highest BCUT2D eigenvalue weighted by Crippen LogP contribution is 2.25. The fourth-order valence-corrected chi connectivity index (χ4v) is 1.79. The quantitative estimate of drug-likeness (QED) is 0.848. The molecule has 110 valence electrons. The molecule has 0 radical (unpaired) electrons. The van der Waals surface area contributed by atoms with Crippen LogP contribution in [0.15, 0.2) is 18.2 Å². The van der Waals surface area contributed by atoms with Gasteiger partial charge in [-0.1, -0.05) is 18.5 Å². The first-order chi connectivity index (χ1) is 9.42. The Kier molecular flexibility index (Phi) is 6.48. The predicted molar refractivity (Wildman–Crippen MR) is 82.2 cm³/mol. The van der Waals surface area contributed by atoms with Gasteiger partial charge >= 0.3 is 0 Å². The molecule has 0 saturated heterocycles. The molecule has 5 nitrogen and oxygen atoms in total. The van der Waals surface area contributed by atoms with Crippen LogP contribution >= 0.6 is 11.6 Å². The molecule has 0 aliphatic heterocycles. The van der Waals surface area contributed by atoms with Gasteiger partial charge in [0.25, 0.3) is 0 Å². The van der Waals surface area contributed by atoms with E-state index in [9.17, 15) is 9.59 Å². The van der Waals surface area contributed by atoms with Crippen molar-refractivity contribution in [2.75, 3.05) is 31.3 Å². The van der Waals surface area contributed by atoms with E-state index in [0.29, 0.717) is 22.8 Å². The third kappa shape index (κ3) is 5.59. The Hall–Kier alpha value is -1.59. The number of hydrogen-bond donors (Lipinski definition) is 2. The van der Waals surface area contributed by atoms with Gasteiger partial charge in [-0.2, -0.15) is 0 Å². The minimum Gasteiger partial charge on any atom is -0.326 e. The first-order valence-corrected chi connectivity index (χ1v) is 6.84. The summed E-state index contributed by atoms with van der Waals surface area (Å²) >= 11 is 6.03. The van der Waals surface area contributed by atoms with Gasteiger partial charge in [0.15, 0.2) is 0 Å². The predicted octanol–water partition coefficient (Wildman–Crippen LogP) is 2.58. The fourth-order valence-electron chi connectivity index (χ4n) is 1.63. The highest BCUT2D eigenvalue weighted by atomic mass is 35.5. The number of rotatable bonds is 6. The van der Waals surface area contributed by atoms with Crippen LogP contribution in [0.5, 0.6) is 0 Å². The molecule has 0 fully saturated rings. The van der Waals surface area contributed by atoms with E-state index >= 15 is 0 Å². The molecule has 20 heavy (non-hydrogen) atoms. The van der Waals surface area contributed by atoms with Crippen LogP contribution in [0.2, 0.25) is 5.02 Å². The van der Waals surface area contributed by atoms with Crippen molar-refractivity contribution in [3.63, 3.8) is 0 Å². The smallest absolute Gasteiger partial charge is 0.238 e. The molecule has 0 bridgehead atoms. The summed E-state index contributed by atoms with van der Waals surface area (Å²) in [5.41, 5.74) is 1.11. The lowest BCUT2D eigenvalue weighted by atomic mass is 10.2. The minimum absolute atomic E-state index is 0.0552. The molecular weight excluding hydrogens is 278 g/mol. The number of halogens is 1. The van der Waals surface area contributed by atoms with E-state index in [1.165, 1.54) is 0 Å². The molecule has 1 aromatic rings. The molecule has 0 aliphatic rings. The number of carbonyl (C=O) groups is 2. The second-order valence-corrected chi connectivity index (χ2v) is 5.19. The van der Waals surface area contributed by atoms with Crippen molar-refractivity contribution in [2.24, 2.45) is 0 Å². The van der Waals surface area contributed by atoms with Crippen molar-refractivity contribution in [3.05, 3.63) is 23.2 Å². The molecule has 1 aromatic carbocycles. The van der Waals surface area contributed by atoms with Gasteiger partial charge in [-0.15, -0.1) is 0 Å². The van der Waals surface area contributed by atoms with Crippen LogP contribution in [0.1, 0.15) is 19.8 Å². The van der Waals surface area contributed by atoms with Crippen molar-refractivity contribution in [1.82, 2.24) is 4.90 Å². The molecule has 0 spiro atoms. The van der Waals surface area contributed by atoms with Gasteiger partial charge in [-0.3, -0.25) is 9.59 Å². The Morgan fingerprint density at radius 2 is 1.90 bits per heavy atom. The monoisotopic (exact) mass is 297 g/mol. The first-order valence-electron chi connectivity index (χ1n) is 6.46. The molecule has 2 amide bonds. The Balaban J connectivity index is 2.76. The average Bonchev–Trinajstić information content (AvgIpc) is 2.32. The summed E-state index contributed by atoms with van der Waals surface area (Å²) in [7, 11) is 3.62. The molecule has 2 N–H and O–H groups in total. The zero-order chi connectivity index (χ0) is 15.1. The maximum absolute atomic E-state index is 11.7. The van der Waals surface area contributed by atoms with Crippen LogP contribution < -0.4 is 10.6 Å². The van der Waals surface area contributed by atoms with Crippen molar-refractivity contribution in [3.8, 4) is 0 Å². The van der Waals surface area contributed by atoms with E-state index in [4.69, 9.17) is 11.6 Å². The highest BCUT2D eigenvalue weighted by molar-refractivity contribution is 6.33. The van der Waals surface area contributed by atoms with Crippen LogP contribution in [0, 0.1) is 0 Å². The lowest BCUT2D eigenvalue weighted by Crippen LogP contribution is -2.27. The fraction of sp³-hybridized carbons (Fsp3) is 0.429. The van der Waals surface area contributed by atoms with Gasteiger partial charge in [0, 0.05) is 12.1 Å². The van der Waals surface area contributed by atoms with Crippen molar-refractivity contribution in [2.45, 2.75) is 19.8 Å². The Bertz CT molecular complexity index is 489. The number of nitrogens with zero attached hydrogens (tertiary/aromatic N) is 1. The second-order valence-electron chi connectivity index (χ2n) is 4.78. The maximum atomic E-state index is 11.7. The molecule has 0 heterocycles. The highest BCUT2D eigenvalue weighted by Gasteiger charge is 2.09. The van der Waals surface area contributed by atoms with E-state index in [1.807, 2.05) is 21.0 Å². The van der Waals surface area contributed by atoms with Crippen LogP contribution in [0.25, 0.3) is 0 Å². The van der Waals surface area contributed by atoms with Gasteiger partial charge in [-0.25, -0.2) is 0 Å². The number of amides is 2. The molecule has 0 aliphatic carbocycles. The molecule has 0 aromatic heterocycles. The lowest BCUT2D eigenvalue weighted by Gasteiger charge is -2.12.